The summed E-state index contributed by atoms with van der Waals surface area (Å²) in [6, 6.07) is 1.69. The molecule has 1 aromatic carbocycles. The summed E-state index contributed by atoms with van der Waals surface area (Å²) in [5, 5.41) is 0. The van der Waals surface area contributed by atoms with Crippen LogP contribution in [0.5, 0.6) is 5.75 Å². The highest BCUT2D eigenvalue weighted by Crippen LogP contribution is 2.30. The molecule has 0 saturated carbocycles. The maximum absolute atomic E-state index is 13.8. The van der Waals surface area contributed by atoms with Crippen LogP contribution in [0.4, 0.5) is 9.18 Å². The maximum Gasteiger partial charge on any atom is 0.410 e. The Labute approximate surface area is 130 Å². The van der Waals surface area contributed by atoms with Gasteiger partial charge in [0.15, 0.2) is 0 Å². The highest BCUT2D eigenvalue weighted by molar-refractivity contribution is 5.75. The van der Waals surface area contributed by atoms with Crippen LogP contribution < -0.4 is 4.74 Å². The third kappa shape index (κ3) is 4.19. The average molecular weight is 311 g/mol. The first kappa shape index (κ1) is 17.9. The van der Waals surface area contributed by atoms with Gasteiger partial charge in [-0.2, -0.15) is 0 Å². The van der Waals surface area contributed by atoms with E-state index in [1.165, 1.54) is 26.3 Å². The van der Waals surface area contributed by atoms with Gasteiger partial charge in [-0.3, -0.25) is 4.90 Å². The zero-order valence-corrected chi connectivity index (χ0v) is 13.8. The second-order valence-electron chi connectivity index (χ2n) is 6.02. The predicted molar refractivity (Wildman–Crippen MR) is 80.5 cm³/mol. The van der Waals surface area contributed by atoms with E-state index in [2.05, 4.69) is 0 Å². The summed E-state index contributed by atoms with van der Waals surface area (Å²) >= 11 is 0. The molecule has 5 nitrogen and oxygen atoms in total. The van der Waals surface area contributed by atoms with Crippen LogP contribution in [-0.4, -0.2) is 37.0 Å². The van der Waals surface area contributed by atoms with Crippen LogP contribution in [0.15, 0.2) is 12.1 Å². The lowest BCUT2D eigenvalue weighted by Crippen LogP contribution is -2.37. The Bertz CT molecular complexity index is 566. The summed E-state index contributed by atoms with van der Waals surface area (Å²) in [7, 11) is 2.84. The zero-order chi connectivity index (χ0) is 17.1. The number of hydrogen-bond acceptors (Lipinski definition) is 4. The highest BCUT2D eigenvalue weighted by atomic mass is 19.1. The van der Waals surface area contributed by atoms with E-state index in [0.29, 0.717) is 17.6 Å². The van der Waals surface area contributed by atoms with E-state index in [9.17, 15) is 14.0 Å². The number of aldehydes is 1. The van der Waals surface area contributed by atoms with Crippen LogP contribution >= 0.6 is 0 Å². The molecular weight excluding hydrogens is 289 g/mol. The van der Waals surface area contributed by atoms with Gasteiger partial charge in [0, 0.05) is 12.6 Å². The summed E-state index contributed by atoms with van der Waals surface area (Å²) < 4.78 is 24.2. The number of ether oxygens (including phenoxy) is 2. The molecule has 0 aliphatic heterocycles. The molecule has 22 heavy (non-hydrogen) atoms. The number of benzene rings is 1. The third-order valence-corrected chi connectivity index (χ3v) is 3.06. The van der Waals surface area contributed by atoms with Crippen molar-refractivity contribution in [3.8, 4) is 5.75 Å². The highest BCUT2D eigenvalue weighted by Gasteiger charge is 2.28. The first-order chi connectivity index (χ1) is 10.1. The molecule has 0 aromatic heterocycles. The largest absolute Gasteiger partial charge is 0.496 e. The number of amides is 1. The fourth-order valence-corrected chi connectivity index (χ4v) is 1.90. The maximum atomic E-state index is 13.8. The number of likely N-dealkylation sites (N-methyl/N-ethyl adjacent to an activating group) is 1. The van der Waals surface area contributed by atoms with Gasteiger partial charge in [0.05, 0.1) is 7.11 Å². The van der Waals surface area contributed by atoms with Crippen LogP contribution in [0.3, 0.4) is 0 Å². The fraction of sp³-hybridized carbons (Fsp3) is 0.500. The number of hydrogen-bond donors (Lipinski definition) is 0. The van der Waals surface area contributed by atoms with Crippen molar-refractivity contribution < 1.29 is 23.5 Å². The Balaban J connectivity index is 3.18. The summed E-state index contributed by atoms with van der Waals surface area (Å²) in [5.41, 5.74) is -0.0272. The van der Waals surface area contributed by atoms with Crippen molar-refractivity contribution >= 4 is 12.4 Å². The van der Waals surface area contributed by atoms with Gasteiger partial charge in [0.1, 0.15) is 29.5 Å². The van der Waals surface area contributed by atoms with Crippen LogP contribution in [0.2, 0.25) is 0 Å². The van der Waals surface area contributed by atoms with Gasteiger partial charge in [-0.25, -0.2) is 9.18 Å². The second kappa shape index (κ2) is 6.77. The van der Waals surface area contributed by atoms with Crippen molar-refractivity contribution in [2.75, 3.05) is 14.2 Å². The monoisotopic (exact) mass is 311 g/mol. The van der Waals surface area contributed by atoms with Crippen LogP contribution in [0.1, 0.15) is 37.9 Å². The van der Waals surface area contributed by atoms with Crippen LogP contribution in [0.25, 0.3) is 0 Å². The zero-order valence-electron chi connectivity index (χ0n) is 13.8. The van der Waals surface area contributed by atoms with Gasteiger partial charge < -0.3 is 14.3 Å². The number of nitrogens with zero attached hydrogens (tertiary/aromatic N) is 1. The summed E-state index contributed by atoms with van der Waals surface area (Å²) in [6.07, 6.45) is -0.121. The van der Waals surface area contributed by atoms with Gasteiger partial charge >= 0.3 is 6.09 Å². The third-order valence-electron chi connectivity index (χ3n) is 3.06. The molecule has 6 heteroatoms. The van der Waals surface area contributed by atoms with Crippen LogP contribution in [0, 0.1) is 12.7 Å². The number of rotatable bonds is 4. The van der Waals surface area contributed by atoms with E-state index in [1.54, 1.807) is 27.7 Å². The SMILES string of the molecule is COc1cc(C)c(F)cc1C(C=O)N(C)C(=O)OC(C)(C)C. The Morgan fingerprint density at radius 1 is 1.36 bits per heavy atom. The fourth-order valence-electron chi connectivity index (χ4n) is 1.90. The molecule has 1 unspecified atom stereocenters. The van der Waals surface area contributed by atoms with Gasteiger partial charge in [-0.05, 0) is 45.4 Å². The van der Waals surface area contributed by atoms with Gasteiger partial charge in [0.25, 0.3) is 0 Å². The van der Waals surface area contributed by atoms with E-state index in [-0.39, 0.29) is 5.56 Å². The Hall–Kier alpha value is -2.11. The number of methoxy groups -OCH3 is 1. The Kier molecular flexibility index (Phi) is 5.52. The quantitative estimate of drug-likeness (QED) is 0.801. The van der Waals surface area contributed by atoms with E-state index in [4.69, 9.17) is 9.47 Å². The summed E-state index contributed by atoms with van der Waals surface area (Å²) in [4.78, 5) is 24.7. The molecule has 1 aromatic rings. The van der Waals surface area contributed by atoms with Crippen molar-refractivity contribution in [3.63, 3.8) is 0 Å². The molecule has 0 bridgehead atoms. The van der Waals surface area contributed by atoms with E-state index >= 15 is 0 Å². The van der Waals surface area contributed by atoms with Gasteiger partial charge in [-0.15, -0.1) is 0 Å². The molecule has 122 valence electrons. The number of carbonyl (C=O) groups excluding carboxylic acids is 2. The molecule has 1 amide bonds. The van der Waals surface area contributed by atoms with E-state index < -0.39 is 23.6 Å². The van der Waals surface area contributed by atoms with Gasteiger partial charge in [0.2, 0.25) is 0 Å². The predicted octanol–water partition coefficient (Wildman–Crippen LogP) is 3.25. The van der Waals surface area contributed by atoms with Crippen molar-refractivity contribution in [1.29, 1.82) is 0 Å². The molecule has 0 spiro atoms. The molecule has 0 saturated heterocycles. The molecule has 0 heterocycles. The minimum atomic E-state index is -1.00. The van der Waals surface area contributed by atoms with Crippen molar-refractivity contribution in [3.05, 3.63) is 29.1 Å². The van der Waals surface area contributed by atoms with Crippen molar-refractivity contribution in [2.45, 2.75) is 39.3 Å². The molecule has 0 N–H and O–H groups in total. The molecule has 0 aliphatic rings. The minimum absolute atomic E-state index is 0.272. The lowest BCUT2D eigenvalue weighted by Gasteiger charge is -2.29. The summed E-state index contributed by atoms with van der Waals surface area (Å²) in [6.45, 7) is 6.76. The molecule has 1 rings (SSSR count). The standard InChI is InChI=1S/C16H22FNO4/c1-10-7-14(21-6)11(8-12(10)17)13(9-19)18(5)15(20)22-16(2,3)4/h7-9,13H,1-6H3. The van der Waals surface area contributed by atoms with E-state index in [1.807, 2.05) is 0 Å². The molecule has 0 fully saturated rings. The Morgan fingerprint density at radius 2 is 1.95 bits per heavy atom. The normalized spacial score (nSPS) is 12.5. The Morgan fingerprint density at radius 3 is 2.41 bits per heavy atom. The first-order valence-corrected chi connectivity index (χ1v) is 6.86. The number of carbonyl (C=O) groups is 2. The van der Waals surface area contributed by atoms with Crippen molar-refractivity contribution in [2.24, 2.45) is 0 Å². The second-order valence-corrected chi connectivity index (χ2v) is 6.02. The smallest absolute Gasteiger partial charge is 0.410 e. The lowest BCUT2D eigenvalue weighted by molar-refractivity contribution is -0.112. The topological polar surface area (TPSA) is 55.8 Å². The molecular formula is C16H22FNO4. The molecule has 1 atom stereocenters. The number of halogens is 1. The number of aryl methyl sites for hydroxylation is 1. The van der Waals surface area contributed by atoms with Crippen molar-refractivity contribution in [1.82, 2.24) is 4.90 Å². The summed E-state index contributed by atoms with van der Waals surface area (Å²) in [5.74, 6) is -0.133. The molecule has 0 radical (unpaired) electrons. The van der Waals surface area contributed by atoms with Crippen LogP contribution in [-0.2, 0) is 9.53 Å². The van der Waals surface area contributed by atoms with E-state index in [0.717, 1.165) is 4.90 Å². The average Bonchev–Trinajstić information content (AvgIpc) is 2.41. The first-order valence-electron chi connectivity index (χ1n) is 6.86. The van der Waals surface area contributed by atoms with Gasteiger partial charge in [-0.1, -0.05) is 0 Å². The lowest BCUT2D eigenvalue weighted by atomic mass is 10.0. The molecule has 0 aliphatic carbocycles. The minimum Gasteiger partial charge on any atom is -0.496 e.